The van der Waals surface area contributed by atoms with Gasteiger partial charge in [0.2, 0.25) is 11.8 Å². The van der Waals surface area contributed by atoms with Crippen molar-refractivity contribution in [3.63, 3.8) is 0 Å². The van der Waals surface area contributed by atoms with Crippen molar-refractivity contribution in [2.45, 2.75) is 50.2 Å². The summed E-state index contributed by atoms with van der Waals surface area (Å²) in [5.74, 6) is -5.23. The molecule has 32 heavy (non-hydrogen) atoms. The first kappa shape index (κ1) is 21.1. The maximum atomic E-state index is 14.5. The Morgan fingerprint density at radius 1 is 1.03 bits per heavy atom. The Morgan fingerprint density at radius 3 is 2.47 bits per heavy atom. The van der Waals surface area contributed by atoms with E-state index < -0.39 is 41.6 Å². The van der Waals surface area contributed by atoms with E-state index in [-0.39, 0.29) is 43.0 Å². The first-order chi connectivity index (χ1) is 15.3. The van der Waals surface area contributed by atoms with Crippen LogP contribution in [0.4, 0.5) is 8.78 Å². The van der Waals surface area contributed by atoms with Crippen LogP contribution in [0.15, 0.2) is 18.2 Å². The van der Waals surface area contributed by atoms with Crippen molar-refractivity contribution in [1.82, 2.24) is 20.4 Å². The van der Waals surface area contributed by atoms with E-state index in [9.17, 15) is 28.0 Å². The molecule has 170 valence electrons. The lowest BCUT2D eigenvalue weighted by molar-refractivity contribution is -0.208. The van der Waals surface area contributed by atoms with Crippen molar-refractivity contribution < 1.29 is 28.0 Å². The highest BCUT2D eigenvalue weighted by Gasteiger charge is 2.57. The maximum Gasteiger partial charge on any atom is 0.276 e. The fraction of sp³-hybridized carbons (Fsp3) is 0.545. The number of imide groups is 2. The quantitative estimate of drug-likeness (QED) is 0.668. The van der Waals surface area contributed by atoms with Gasteiger partial charge in [-0.2, -0.15) is 0 Å². The minimum absolute atomic E-state index is 0.0391. The summed E-state index contributed by atoms with van der Waals surface area (Å²) in [6.45, 7) is 1.17. The molecular weight excluding hydrogens is 422 g/mol. The van der Waals surface area contributed by atoms with Gasteiger partial charge in [0, 0.05) is 13.0 Å². The SMILES string of the molecule is O=C1CCC(N2C(=O)c3cccc(CN4CC(F)(F)C4C4CCNCC4)c3C2=O)C(=O)N1. The summed E-state index contributed by atoms with van der Waals surface area (Å²) in [5, 5.41) is 5.36. The first-order valence-electron chi connectivity index (χ1n) is 10.9. The number of hydrogen-bond donors (Lipinski definition) is 2. The molecule has 0 saturated carbocycles. The third-order valence-electron chi connectivity index (χ3n) is 7.00. The molecule has 10 heteroatoms. The highest BCUT2D eigenvalue weighted by Crippen LogP contribution is 2.43. The number of piperidine rings is 2. The van der Waals surface area contributed by atoms with Crippen LogP contribution in [-0.4, -0.2) is 71.1 Å². The van der Waals surface area contributed by atoms with E-state index in [1.54, 1.807) is 17.0 Å². The Labute approximate surface area is 183 Å². The number of benzene rings is 1. The van der Waals surface area contributed by atoms with Gasteiger partial charge >= 0.3 is 0 Å². The molecule has 8 nitrogen and oxygen atoms in total. The number of fused-ring (bicyclic) bond motifs is 1. The Kier molecular flexibility index (Phi) is 5.09. The fourth-order valence-electron chi connectivity index (χ4n) is 5.51. The Balaban J connectivity index is 1.40. The van der Waals surface area contributed by atoms with Gasteiger partial charge in [-0.05, 0) is 49.9 Å². The number of likely N-dealkylation sites (tertiary alicyclic amines) is 1. The normalized spacial score (nSPS) is 28.5. The Morgan fingerprint density at radius 2 is 1.78 bits per heavy atom. The molecule has 0 bridgehead atoms. The van der Waals surface area contributed by atoms with E-state index in [4.69, 9.17) is 0 Å². The van der Waals surface area contributed by atoms with E-state index in [1.165, 1.54) is 6.07 Å². The number of carbonyl (C=O) groups excluding carboxylic acids is 4. The van der Waals surface area contributed by atoms with Crippen LogP contribution in [0.5, 0.6) is 0 Å². The van der Waals surface area contributed by atoms with Gasteiger partial charge < -0.3 is 5.32 Å². The average Bonchev–Trinajstić information content (AvgIpc) is 2.99. The van der Waals surface area contributed by atoms with Crippen LogP contribution in [0.2, 0.25) is 0 Å². The minimum Gasteiger partial charge on any atom is -0.317 e. The zero-order chi connectivity index (χ0) is 22.6. The lowest BCUT2D eigenvalue weighted by Gasteiger charge is -2.52. The highest BCUT2D eigenvalue weighted by atomic mass is 19.3. The lowest BCUT2D eigenvalue weighted by Crippen LogP contribution is -2.68. The van der Waals surface area contributed by atoms with Crippen molar-refractivity contribution in [3.8, 4) is 0 Å². The third-order valence-corrected chi connectivity index (χ3v) is 7.00. The molecule has 2 unspecified atom stereocenters. The number of rotatable bonds is 4. The molecule has 0 aliphatic carbocycles. The molecule has 1 aromatic carbocycles. The number of alkyl halides is 2. The fourth-order valence-corrected chi connectivity index (χ4v) is 5.51. The van der Waals surface area contributed by atoms with Gasteiger partial charge in [-0.15, -0.1) is 0 Å². The molecule has 4 aliphatic rings. The van der Waals surface area contributed by atoms with Crippen LogP contribution >= 0.6 is 0 Å². The molecule has 2 atom stereocenters. The molecule has 3 saturated heterocycles. The molecule has 0 aromatic heterocycles. The summed E-state index contributed by atoms with van der Waals surface area (Å²) in [6.07, 6.45) is 1.45. The van der Waals surface area contributed by atoms with Gasteiger partial charge in [0.15, 0.2) is 0 Å². The second-order valence-electron chi connectivity index (χ2n) is 8.99. The third kappa shape index (κ3) is 3.32. The number of carbonyl (C=O) groups is 4. The van der Waals surface area contributed by atoms with Gasteiger partial charge in [0.05, 0.1) is 23.7 Å². The number of halogens is 2. The molecule has 0 radical (unpaired) electrons. The van der Waals surface area contributed by atoms with E-state index in [0.29, 0.717) is 31.5 Å². The summed E-state index contributed by atoms with van der Waals surface area (Å²) in [4.78, 5) is 52.5. The summed E-state index contributed by atoms with van der Waals surface area (Å²) in [5.41, 5.74) is 0.842. The van der Waals surface area contributed by atoms with Crippen molar-refractivity contribution in [3.05, 3.63) is 34.9 Å². The van der Waals surface area contributed by atoms with E-state index in [0.717, 1.165) is 4.90 Å². The zero-order valence-corrected chi connectivity index (χ0v) is 17.4. The Hall–Kier alpha value is -2.72. The van der Waals surface area contributed by atoms with Crippen molar-refractivity contribution >= 4 is 23.6 Å². The largest absolute Gasteiger partial charge is 0.317 e. The second-order valence-corrected chi connectivity index (χ2v) is 8.99. The number of amides is 4. The van der Waals surface area contributed by atoms with Gasteiger partial charge in [0.25, 0.3) is 17.7 Å². The minimum atomic E-state index is -2.78. The topological polar surface area (TPSA) is 98.8 Å². The average molecular weight is 446 g/mol. The molecule has 2 N–H and O–H groups in total. The summed E-state index contributed by atoms with van der Waals surface area (Å²) < 4.78 is 28.9. The molecule has 4 heterocycles. The van der Waals surface area contributed by atoms with Gasteiger partial charge in [-0.1, -0.05) is 12.1 Å². The number of nitrogens with zero attached hydrogens (tertiary/aromatic N) is 2. The summed E-state index contributed by atoms with van der Waals surface area (Å²) in [6, 6.07) is 2.88. The van der Waals surface area contributed by atoms with E-state index >= 15 is 0 Å². The molecular formula is C22H24F2N4O4. The van der Waals surface area contributed by atoms with Gasteiger partial charge in [-0.3, -0.25) is 34.3 Å². The smallest absolute Gasteiger partial charge is 0.276 e. The molecule has 4 aliphatic heterocycles. The van der Waals surface area contributed by atoms with Crippen LogP contribution in [0.1, 0.15) is 52.0 Å². The first-order valence-corrected chi connectivity index (χ1v) is 10.9. The van der Waals surface area contributed by atoms with Crippen LogP contribution in [0.3, 0.4) is 0 Å². The predicted octanol–water partition coefficient (Wildman–Crippen LogP) is 0.907. The van der Waals surface area contributed by atoms with E-state index in [2.05, 4.69) is 10.6 Å². The maximum absolute atomic E-state index is 14.5. The number of hydrogen-bond acceptors (Lipinski definition) is 6. The molecule has 3 fully saturated rings. The lowest BCUT2D eigenvalue weighted by atomic mass is 9.80. The molecule has 0 spiro atoms. The van der Waals surface area contributed by atoms with Crippen molar-refractivity contribution in [1.29, 1.82) is 0 Å². The van der Waals surface area contributed by atoms with E-state index in [1.807, 2.05) is 0 Å². The van der Waals surface area contributed by atoms with Gasteiger partial charge in [0.1, 0.15) is 6.04 Å². The molecule has 5 rings (SSSR count). The van der Waals surface area contributed by atoms with Crippen LogP contribution < -0.4 is 10.6 Å². The zero-order valence-electron chi connectivity index (χ0n) is 17.4. The monoisotopic (exact) mass is 446 g/mol. The van der Waals surface area contributed by atoms with Crippen molar-refractivity contribution in [2.24, 2.45) is 5.92 Å². The molecule has 4 amide bonds. The predicted molar refractivity (Wildman–Crippen MR) is 108 cm³/mol. The van der Waals surface area contributed by atoms with Crippen LogP contribution in [0.25, 0.3) is 0 Å². The van der Waals surface area contributed by atoms with Crippen molar-refractivity contribution in [2.75, 3.05) is 19.6 Å². The Bertz CT molecular complexity index is 1010. The van der Waals surface area contributed by atoms with Gasteiger partial charge in [-0.25, -0.2) is 8.78 Å². The number of nitrogens with one attached hydrogen (secondary N) is 2. The van der Waals surface area contributed by atoms with Crippen LogP contribution in [-0.2, 0) is 16.1 Å². The molecule has 1 aromatic rings. The standard InChI is InChI=1S/C22H24F2N4O4/c23-22(24)11-27(18(22)12-6-8-25-9-7-12)10-13-2-1-3-14-17(13)21(32)28(20(14)31)15-4-5-16(29)26-19(15)30/h1-3,12,15,18,25H,4-11H2,(H,26,29,30). The highest BCUT2D eigenvalue weighted by molar-refractivity contribution is 6.24. The van der Waals surface area contributed by atoms with Crippen LogP contribution in [0, 0.1) is 5.92 Å². The summed E-state index contributed by atoms with van der Waals surface area (Å²) >= 11 is 0. The summed E-state index contributed by atoms with van der Waals surface area (Å²) in [7, 11) is 0. The second kappa shape index (κ2) is 7.70.